The number of halogens is 1. The third-order valence-corrected chi connectivity index (χ3v) is 5.45. The molecule has 4 heterocycles. The third-order valence-electron chi connectivity index (χ3n) is 5.05. The molecule has 0 amide bonds. The first-order valence-corrected chi connectivity index (χ1v) is 10.1. The molecule has 3 aromatic rings. The van der Waals surface area contributed by atoms with Crippen LogP contribution in [0.3, 0.4) is 0 Å². The Bertz CT molecular complexity index is 979. The summed E-state index contributed by atoms with van der Waals surface area (Å²) in [6.45, 7) is 9.93. The van der Waals surface area contributed by atoms with Crippen molar-refractivity contribution in [3.8, 4) is 11.5 Å². The van der Waals surface area contributed by atoms with E-state index in [2.05, 4.69) is 33.9 Å². The number of pyridine rings is 1. The minimum absolute atomic E-state index is 0.167. The van der Waals surface area contributed by atoms with Gasteiger partial charge in [0, 0.05) is 30.4 Å². The Morgan fingerprint density at radius 1 is 1.32 bits per heavy atom. The summed E-state index contributed by atoms with van der Waals surface area (Å²) in [7, 11) is 0. The first kappa shape index (κ1) is 18.9. The van der Waals surface area contributed by atoms with Crippen molar-refractivity contribution in [2.24, 2.45) is 5.92 Å². The maximum atomic E-state index is 6.76. The van der Waals surface area contributed by atoms with E-state index >= 15 is 0 Å². The molecule has 28 heavy (non-hydrogen) atoms. The van der Waals surface area contributed by atoms with Gasteiger partial charge in [0.25, 0.3) is 5.89 Å². The summed E-state index contributed by atoms with van der Waals surface area (Å²) in [6, 6.07) is 4.06. The van der Waals surface area contributed by atoms with Crippen LogP contribution in [-0.4, -0.2) is 31.4 Å². The summed E-state index contributed by atoms with van der Waals surface area (Å²) in [4.78, 5) is 11.2. The smallest absolute Gasteiger partial charge is 0.258 e. The summed E-state index contributed by atoms with van der Waals surface area (Å²) in [5, 5.41) is 9.32. The molecule has 1 aliphatic rings. The van der Waals surface area contributed by atoms with Crippen molar-refractivity contribution >= 4 is 17.4 Å². The molecule has 148 valence electrons. The molecule has 1 fully saturated rings. The fourth-order valence-corrected chi connectivity index (χ4v) is 4.25. The van der Waals surface area contributed by atoms with Crippen molar-refractivity contribution in [2.75, 3.05) is 11.4 Å². The Hall–Kier alpha value is -2.41. The van der Waals surface area contributed by atoms with Gasteiger partial charge in [-0.15, -0.1) is 0 Å². The van der Waals surface area contributed by atoms with Gasteiger partial charge in [0.15, 0.2) is 5.82 Å². The number of nitrogens with zero attached hydrogens (tertiary/aromatic N) is 6. The van der Waals surface area contributed by atoms with Crippen LogP contribution in [0, 0.1) is 19.8 Å². The maximum Gasteiger partial charge on any atom is 0.258 e. The second-order valence-electron chi connectivity index (χ2n) is 7.77. The van der Waals surface area contributed by atoms with E-state index in [1.165, 1.54) is 0 Å². The fourth-order valence-electron chi connectivity index (χ4n) is 3.88. The summed E-state index contributed by atoms with van der Waals surface area (Å²) in [5.74, 6) is 2.51. The Labute approximate surface area is 169 Å². The van der Waals surface area contributed by atoms with Gasteiger partial charge in [0.05, 0.1) is 11.7 Å². The normalized spacial score (nSPS) is 17.1. The summed E-state index contributed by atoms with van der Waals surface area (Å²) in [6.07, 6.45) is 3.90. The van der Waals surface area contributed by atoms with E-state index in [1.807, 2.05) is 30.7 Å². The zero-order valence-electron chi connectivity index (χ0n) is 16.7. The lowest BCUT2D eigenvalue weighted by Gasteiger charge is -2.26. The van der Waals surface area contributed by atoms with E-state index in [0.717, 1.165) is 53.7 Å². The van der Waals surface area contributed by atoms with Crippen LogP contribution in [0.15, 0.2) is 22.9 Å². The molecule has 1 aliphatic heterocycles. The zero-order chi connectivity index (χ0) is 19.8. The molecule has 1 saturated heterocycles. The zero-order valence-corrected chi connectivity index (χ0v) is 17.4. The molecule has 0 aliphatic carbocycles. The van der Waals surface area contributed by atoms with Crippen LogP contribution in [0.1, 0.15) is 49.8 Å². The molecule has 0 spiro atoms. The predicted octanol–water partition coefficient (Wildman–Crippen LogP) is 4.60. The van der Waals surface area contributed by atoms with Gasteiger partial charge >= 0.3 is 0 Å². The van der Waals surface area contributed by atoms with Gasteiger partial charge in [-0.2, -0.15) is 10.1 Å². The summed E-state index contributed by atoms with van der Waals surface area (Å²) >= 11 is 6.76. The molecule has 3 aromatic heterocycles. The second kappa shape index (κ2) is 7.54. The van der Waals surface area contributed by atoms with Crippen molar-refractivity contribution in [1.82, 2.24) is 24.9 Å². The average molecular weight is 401 g/mol. The number of aryl methyl sites for hydroxylation is 2. The number of rotatable bonds is 5. The quantitative estimate of drug-likeness (QED) is 0.623. The van der Waals surface area contributed by atoms with Crippen molar-refractivity contribution in [2.45, 2.75) is 53.1 Å². The predicted molar refractivity (Wildman–Crippen MR) is 108 cm³/mol. The van der Waals surface area contributed by atoms with E-state index in [0.29, 0.717) is 17.6 Å². The van der Waals surface area contributed by atoms with Crippen molar-refractivity contribution in [3.63, 3.8) is 0 Å². The van der Waals surface area contributed by atoms with Crippen molar-refractivity contribution < 1.29 is 4.52 Å². The molecule has 0 radical (unpaired) electrons. The monoisotopic (exact) mass is 400 g/mol. The summed E-state index contributed by atoms with van der Waals surface area (Å²) < 4.78 is 7.25. The van der Waals surface area contributed by atoms with Crippen LogP contribution >= 0.6 is 11.6 Å². The van der Waals surface area contributed by atoms with Crippen LogP contribution in [0.25, 0.3) is 11.5 Å². The first-order chi connectivity index (χ1) is 13.4. The van der Waals surface area contributed by atoms with Crippen LogP contribution in [0.2, 0.25) is 5.15 Å². The average Bonchev–Trinajstić information content (AvgIpc) is 3.35. The number of hydrogen-bond acceptors (Lipinski definition) is 6. The van der Waals surface area contributed by atoms with E-state index in [4.69, 9.17) is 21.2 Å². The van der Waals surface area contributed by atoms with Crippen molar-refractivity contribution in [3.05, 3.63) is 40.6 Å². The SMILES string of the molecule is Cc1noc(-c2ccnc(N3CCCC3c3c(C)nn(CC(C)C)c3Cl)c2)n1. The van der Waals surface area contributed by atoms with Gasteiger partial charge in [-0.25, -0.2) is 4.98 Å². The number of aromatic nitrogens is 5. The minimum Gasteiger partial charge on any atom is -0.349 e. The van der Waals surface area contributed by atoms with Gasteiger partial charge < -0.3 is 9.42 Å². The molecular formula is C20H25ClN6O. The Balaban J connectivity index is 1.67. The number of anilines is 1. The van der Waals surface area contributed by atoms with Gasteiger partial charge in [0.2, 0.25) is 0 Å². The molecule has 7 nitrogen and oxygen atoms in total. The highest BCUT2D eigenvalue weighted by Crippen LogP contribution is 2.40. The van der Waals surface area contributed by atoms with Crippen molar-refractivity contribution in [1.29, 1.82) is 0 Å². The van der Waals surface area contributed by atoms with E-state index < -0.39 is 0 Å². The van der Waals surface area contributed by atoms with Crippen LogP contribution in [0.4, 0.5) is 5.82 Å². The highest BCUT2D eigenvalue weighted by atomic mass is 35.5. The molecule has 0 N–H and O–H groups in total. The van der Waals surface area contributed by atoms with Crippen LogP contribution in [-0.2, 0) is 6.54 Å². The van der Waals surface area contributed by atoms with E-state index in [1.54, 1.807) is 6.20 Å². The standard InChI is InChI=1S/C20H25ClN6O/c1-12(2)11-27-19(21)18(13(3)24-27)16-6-5-9-26(16)17-10-15(7-8-22-17)20-23-14(4)25-28-20/h7-8,10,12,16H,5-6,9,11H2,1-4H3. The lowest BCUT2D eigenvalue weighted by Crippen LogP contribution is -2.24. The largest absolute Gasteiger partial charge is 0.349 e. The van der Waals surface area contributed by atoms with Gasteiger partial charge in [0.1, 0.15) is 11.0 Å². The Morgan fingerprint density at radius 3 is 2.86 bits per heavy atom. The molecule has 0 saturated carbocycles. The molecule has 0 bridgehead atoms. The third kappa shape index (κ3) is 3.51. The molecule has 4 rings (SSSR count). The second-order valence-corrected chi connectivity index (χ2v) is 8.12. The number of hydrogen-bond donors (Lipinski definition) is 0. The molecule has 8 heteroatoms. The summed E-state index contributed by atoms with van der Waals surface area (Å²) in [5.41, 5.74) is 2.97. The van der Waals surface area contributed by atoms with Gasteiger partial charge in [-0.05, 0) is 44.7 Å². The first-order valence-electron chi connectivity index (χ1n) is 9.70. The van der Waals surface area contributed by atoms with Gasteiger partial charge in [-0.3, -0.25) is 4.68 Å². The topological polar surface area (TPSA) is 72.9 Å². The highest BCUT2D eigenvalue weighted by molar-refractivity contribution is 6.30. The Morgan fingerprint density at radius 2 is 2.14 bits per heavy atom. The van der Waals surface area contributed by atoms with E-state index in [-0.39, 0.29) is 6.04 Å². The van der Waals surface area contributed by atoms with E-state index in [9.17, 15) is 0 Å². The molecular weight excluding hydrogens is 376 g/mol. The molecule has 1 unspecified atom stereocenters. The fraction of sp³-hybridized carbons (Fsp3) is 0.500. The Kier molecular flexibility index (Phi) is 5.10. The van der Waals surface area contributed by atoms with Crippen LogP contribution < -0.4 is 4.90 Å². The minimum atomic E-state index is 0.167. The van der Waals surface area contributed by atoms with Crippen LogP contribution in [0.5, 0.6) is 0 Å². The molecule has 0 aromatic carbocycles. The highest BCUT2D eigenvalue weighted by Gasteiger charge is 2.32. The van der Waals surface area contributed by atoms with Gasteiger partial charge in [-0.1, -0.05) is 30.6 Å². The lowest BCUT2D eigenvalue weighted by atomic mass is 10.1. The maximum absolute atomic E-state index is 6.76. The molecule has 1 atom stereocenters. The lowest BCUT2D eigenvalue weighted by molar-refractivity contribution is 0.425.